The highest BCUT2D eigenvalue weighted by molar-refractivity contribution is 7.73. The molecule has 0 unspecified atom stereocenters. The van der Waals surface area contributed by atoms with Crippen molar-refractivity contribution in [2.24, 2.45) is 0 Å². The summed E-state index contributed by atoms with van der Waals surface area (Å²) in [6.07, 6.45) is 26.2. The van der Waals surface area contributed by atoms with E-state index < -0.39 is 7.26 Å². The Balaban J connectivity index is 1.83. The molecule has 0 bridgehead atoms. The van der Waals surface area contributed by atoms with Gasteiger partial charge < -0.3 is 0 Å². The first-order valence-corrected chi connectivity index (χ1v) is 15.6. The van der Waals surface area contributed by atoms with E-state index >= 15 is 0 Å². The zero-order chi connectivity index (χ0) is 20.3. The minimum atomic E-state index is -0.753. The third-order valence-electron chi connectivity index (χ3n) is 6.07. The molecule has 0 heterocycles. The second kappa shape index (κ2) is 17.5. The Labute approximate surface area is 178 Å². The van der Waals surface area contributed by atoms with Crippen LogP contribution in [0.15, 0.2) is 30.3 Å². The summed E-state index contributed by atoms with van der Waals surface area (Å²) in [4.78, 5) is 0. The summed E-state index contributed by atoms with van der Waals surface area (Å²) in [5, 5.41) is 0. The highest BCUT2D eigenvalue weighted by atomic mass is 31.2. The van der Waals surface area contributed by atoms with Gasteiger partial charge in [0.2, 0.25) is 0 Å². The molecule has 0 amide bonds. The molecule has 0 saturated heterocycles. The summed E-state index contributed by atoms with van der Waals surface area (Å²) < 4.78 is 0. The van der Waals surface area contributed by atoms with Crippen molar-refractivity contribution in [1.82, 2.24) is 0 Å². The summed E-state index contributed by atoms with van der Waals surface area (Å²) in [6, 6.07) is 11.1. The predicted molar refractivity (Wildman–Crippen MR) is 133 cm³/mol. The van der Waals surface area contributed by atoms with E-state index in [9.17, 15) is 0 Å². The third kappa shape index (κ3) is 15.6. The van der Waals surface area contributed by atoms with Gasteiger partial charge in [0.05, 0.1) is 12.3 Å². The number of hydrogen-bond donors (Lipinski definition) is 0. The van der Waals surface area contributed by atoms with Crippen molar-refractivity contribution >= 4 is 7.26 Å². The number of benzene rings is 1. The first-order valence-electron chi connectivity index (χ1n) is 12.5. The van der Waals surface area contributed by atoms with Crippen LogP contribution >= 0.6 is 7.26 Å². The van der Waals surface area contributed by atoms with E-state index in [1.807, 2.05) is 0 Å². The topological polar surface area (TPSA) is 0 Å². The number of hydrogen-bond acceptors (Lipinski definition) is 0. The van der Waals surface area contributed by atoms with Crippen LogP contribution in [-0.2, 0) is 6.16 Å². The van der Waals surface area contributed by atoms with Gasteiger partial charge in [-0.05, 0) is 18.4 Å². The van der Waals surface area contributed by atoms with Crippen LogP contribution in [0.4, 0.5) is 0 Å². The van der Waals surface area contributed by atoms with Gasteiger partial charge in [-0.15, -0.1) is 0 Å². The Hall–Kier alpha value is -0.350. The maximum atomic E-state index is 2.55. The van der Waals surface area contributed by atoms with Gasteiger partial charge in [-0.1, -0.05) is 127 Å². The fraction of sp³-hybridized carbons (Fsp3) is 0.778. The Morgan fingerprint density at radius 1 is 0.536 bits per heavy atom. The molecule has 0 aliphatic heterocycles. The molecule has 0 atom stereocenters. The van der Waals surface area contributed by atoms with Gasteiger partial charge in [0.15, 0.2) is 0 Å². The molecule has 1 aromatic rings. The molecule has 0 saturated carbocycles. The van der Waals surface area contributed by atoms with Crippen LogP contribution in [0.25, 0.3) is 0 Å². The summed E-state index contributed by atoms with van der Waals surface area (Å²) in [5.41, 5.74) is 1.54. The van der Waals surface area contributed by atoms with Gasteiger partial charge in [0.25, 0.3) is 0 Å². The smallest absolute Gasteiger partial charge is 0.0654 e. The second-order valence-electron chi connectivity index (χ2n) is 9.61. The van der Waals surface area contributed by atoms with Crippen LogP contribution in [0.1, 0.15) is 115 Å². The van der Waals surface area contributed by atoms with E-state index in [0.29, 0.717) is 0 Å². The first-order chi connectivity index (χ1) is 13.6. The van der Waals surface area contributed by atoms with Gasteiger partial charge in [-0.3, -0.25) is 0 Å². The van der Waals surface area contributed by atoms with Crippen LogP contribution in [0.2, 0.25) is 0 Å². The quantitative estimate of drug-likeness (QED) is 0.159. The molecule has 1 rings (SSSR count). The SMILES string of the molecule is CCCCCCCCCCCCCCCCCC[P+](C)(C)Cc1ccccc1. The molecule has 1 aromatic carbocycles. The molecule has 0 radical (unpaired) electrons. The van der Waals surface area contributed by atoms with Crippen molar-refractivity contribution in [2.75, 3.05) is 19.5 Å². The molecule has 0 aromatic heterocycles. The lowest BCUT2D eigenvalue weighted by atomic mass is 10.0. The molecule has 0 fully saturated rings. The van der Waals surface area contributed by atoms with Gasteiger partial charge in [0, 0.05) is 20.6 Å². The summed E-state index contributed by atoms with van der Waals surface area (Å²) in [5.74, 6) is 0. The van der Waals surface area contributed by atoms with Gasteiger partial charge in [-0.2, -0.15) is 0 Å². The minimum Gasteiger partial charge on any atom is -0.0654 e. The van der Waals surface area contributed by atoms with Crippen LogP contribution in [0.5, 0.6) is 0 Å². The molecule has 1 heteroatoms. The van der Waals surface area contributed by atoms with Crippen LogP contribution in [0, 0.1) is 0 Å². The standard InChI is InChI=1S/C27H50P/c1-4-5-6-7-8-9-10-11-12-13-14-15-16-17-18-22-25-28(2,3)26-27-23-20-19-21-24-27/h19-21,23-24H,4-18,22,25-26H2,1-3H3/q+1. The molecular formula is C27H50P+. The zero-order valence-electron chi connectivity index (χ0n) is 19.6. The highest BCUT2D eigenvalue weighted by Gasteiger charge is 2.24. The fourth-order valence-electron chi connectivity index (χ4n) is 4.24. The van der Waals surface area contributed by atoms with Crippen molar-refractivity contribution in [2.45, 2.75) is 116 Å². The summed E-state index contributed by atoms with van der Waals surface area (Å²) in [6.45, 7) is 7.39. The highest BCUT2D eigenvalue weighted by Crippen LogP contribution is 2.54. The average Bonchev–Trinajstić information content (AvgIpc) is 2.68. The maximum absolute atomic E-state index is 2.55. The van der Waals surface area contributed by atoms with E-state index in [0.717, 1.165) is 0 Å². The maximum Gasteiger partial charge on any atom is 0.0837 e. The van der Waals surface area contributed by atoms with E-state index in [1.165, 1.54) is 121 Å². The largest absolute Gasteiger partial charge is 0.0837 e. The fourth-order valence-corrected chi connectivity index (χ4v) is 6.68. The number of unbranched alkanes of at least 4 members (excludes halogenated alkanes) is 15. The zero-order valence-corrected chi connectivity index (χ0v) is 20.5. The van der Waals surface area contributed by atoms with Crippen molar-refractivity contribution in [3.8, 4) is 0 Å². The van der Waals surface area contributed by atoms with E-state index in [-0.39, 0.29) is 0 Å². The van der Waals surface area contributed by atoms with E-state index in [4.69, 9.17) is 0 Å². The molecule has 0 aliphatic carbocycles. The van der Waals surface area contributed by atoms with E-state index in [1.54, 1.807) is 0 Å². The lowest BCUT2D eigenvalue weighted by Crippen LogP contribution is -1.99. The average molecular weight is 406 g/mol. The first kappa shape index (κ1) is 25.7. The molecule has 0 N–H and O–H groups in total. The van der Waals surface area contributed by atoms with Crippen molar-refractivity contribution in [3.05, 3.63) is 35.9 Å². The van der Waals surface area contributed by atoms with Gasteiger partial charge in [0.1, 0.15) is 0 Å². The predicted octanol–water partition coefficient (Wildman–Crippen LogP) is 9.73. The lowest BCUT2D eigenvalue weighted by molar-refractivity contribution is 0.531. The van der Waals surface area contributed by atoms with Crippen LogP contribution in [0.3, 0.4) is 0 Å². The molecule has 0 nitrogen and oxygen atoms in total. The molecule has 162 valence electrons. The summed E-state index contributed by atoms with van der Waals surface area (Å²) in [7, 11) is -0.753. The minimum absolute atomic E-state index is 0.753. The Morgan fingerprint density at radius 3 is 1.36 bits per heavy atom. The van der Waals surface area contributed by atoms with E-state index in [2.05, 4.69) is 50.6 Å². The monoisotopic (exact) mass is 405 g/mol. The van der Waals surface area contributed by atoms with Crippen molar-refractivity contribution in [1.29, 1.82) is 0 Å². The summed E-state index contributed by atoms with van der Waals surface area (Å²) >= 11 is 0. The van der Waals surface area contributed by atoms with Crippen LogP contribution < -0.4 is 0 Å². The molecule has 0 spiro atoms. The molecular weight excluding hydrogens is 355 g/mol. The Kier molecular flexibility index (Phi) is 16.1. The third-order valence-corrected chi connectivity index (χ3v) is 8.82. The lowest BCUT2D eigenvalue weighted by Gasteiger charge is -2.18. The number of rotatable bonds is 19. The Bertz CT molecular complexity index is 437. The van der Waals surface area contributed by atoms with Crippen molar-refractivity contribution in [3.63, 3.8) is 0 Å². The van der Waals surface area contributed by atoms with Gasteiger partial charge >= 0.3 is 0 Å². The molecule has 28 heavy (non-hydrogen) atoms. The normalized spacial score (nSPS) is 11.8. The molecule has 0 aliphatic rings. The van der Waals surface area contributed by atoms with Gasteiger partial charge in [-0.25, -0.2) is 0 Å². The Morgan fingerprint density at radius 2 is 0.929 bits per heavy atom. The van der Waals surface area contributed by atoms with Crippen molar-refractivity contribution < 1.29 is 0 Å². The van der Waals surface area contributed by atoms with Crippen LogP contribution in [-0.4, -0.2) is 19.5 Å². The second-order valence-corrected chi connectivity index (χ2v) is 14.2.